The Morgan fingerprint density at radius 1 is 1.12 bits per heavy atom. The van der Waals surface area contributed by atoms with Crippen molar-refractivity contribution in [3.8, 4) is 17.1 Å². The second kappa shape index (κ2) is 9.08. The molecule has 0 spiro atoms. The number of phenols is 1. The third-order valence-electron chi connectivity index (χ3n) is 5.40. The Hall–Kier alpha value is -3.63. The Kier molecular flexibility index (Phi) is 5.84. The van der Waals surface area contributed by atoms with Crippen LogP contribution < -0.4 is 4.90 Å². The number of hydrogen-bond acceptors (Lipinski definition) is 9. The van der Waals surface area contributed by atoms with Crippen molar-refractivity contribution < 1.29 is 9.84 Å². The van der Waals surface area contributed by atoms with Gasteiger partial charge < -0.3 is 19.6 Å². The predicted octanol–water partition coefficient (Wildman–Crippen LogP) is 1.94. The van der Waals surface area contributed by atoms with Gasteiger partial charge in [0.15, 0.2) is 11.6 Å². The number of ether oxygens (including phenoxy) is 1. The fourth-order valence-electron chi connectivity index (χ4n) is 3.90. The first-order valence-corrected chi connectivity index (χ1v) is 10.9. The van der Waals surface area contributed by atoms with Crippen LogP contribution in [-0.4, -0.2) is 80.4 Å². The number of hydrogen-bond donors (Lipinski definition) is 1. The van der Waals surface area contributed by atoms with Crippen LogP contribution in [0.3, 0.4) is 0 Å². The van der Waals surface area contributed by atoms with E-state index in [-0.39, 0.29) is 5.75 Å². The van der Waals surface area contributed by atoms with Gasteiger partial charge in [-0.2, -0.15) is 0 Å². The standard InChI is InChI=1S/C23H26N8O2/c1-29(2)14-18-15-31(28-27-18)13-16-10-20-21(24-12-16)23(30-6-8-33-9-7-30)26-22(25-20)17-4-3-5-19(32)11-17/h3-5,10-12,15,32H,6-9,13-14H2,1-2H3. The van der Waals surface area contributed by atoms with Crippen molar-refractivity contribution in [1.82, 2.24) is 34.8 Å². The molecular formula is C23H26N8O2. The number of anilines is 1. The van der Waals surface area contributed by atoms with Crippen LogP contribution in [0.15, 0.2) is 42.7 Å². The van der Waals surface area contributed by atoms with E-state index in [1.54, 1.807) is 18.2 Å². The van der Waals surface area contributed by atoms with Gasteiger partial charge in [0, 0.05) is 31.4 Å². The number of rotatable bonds is 6. The number of phenolic OH excluding ortho intramolecular Hbond substituents is 1. The van der Waals surface area contributed by atoms with Crippen LogP contribution in [0, 0.1) is 0 Å². The van der Waals surface area contributed by atoms with Gasteiger partial charge in [0.1, 0.15) is 11.3 Å². The summed E-state index contributed by atoms with van der Waals surface area (Å²) in [6, 6.07) is 9.01. The van der Waals surface area contributed by atoms with Crippen LogP contribution in [0.25, 0.3) is 22.4 Å². The number of pyridine rings is 1. The van der Waals surface area contributed by atoms with Crippen LogP contribution in [0.4, 0.5) is 5.82 Å². The smallest absolute Gasteiger partial charge is 0.162 e. The van der Waals surface area contributed by atoms with Gasteiger partial charge in [0.05, 0.1) is 37.2 Å². The molecule has 0 amide bonds. The minimum atomic E-state index is 0.177. The van der Waals surface area contributed by atoms with Crippen molar-refractivity contribution in [3.63, 3.8) is 0 Å². The van der Waals surface area contributed by atoms with Crippen LogP contribution >= 0.6 is 0 Å². The molecule has 5 rings (SSSR count). The van der Waals surface area contributed by atoms with E-state index in [0.29, 0.717) is 25.6 Å². The van der Waals surface area contributed by atoms with E-state index in [9.17, 15) is 5.11 Å². The zero-order valence-electron chi connectivity index (χ0n) is 18.7. The molecule has 3 aromatic heterocycles. The van der Waals surface area contributed by atoms with Gasteiger partial charge in [0.2, 0.25) is 0 Å². The number of aromatic nitrogens is 6. The Balaban J connectivity index is 1.54. The number of morpholine rings is 1. The maximum Gasteiger partial charge on any atom is 0.162 e. The highest BCUT2D eigenvalue weighted by molar-refractivity contribution is 5.88. The summed E-state index contributed by atoms with van der Waals surface area (Å²) in [5.41, 5.74) is 4.13. The lowest BCUT2D eigenvalue weighted by Crippen LogP contribution is -2.37. The van der Waals surface area contributed by atoms with Crippen LogP contribution in [0.1, 0.15) is 11.3 Å². The molecule has 4 aromatic rings. The first-order valence-electron chi connectivity index (χ1n) is 10.9. The summed E-state index contributed by atoms with van der Waals surface area (Å²) in [5, 5.41) is 18.4. The molecular weight excluding hydrogens is 420 g/mol. The zero-order chi connectivity index (χ0) is 22.8. The summed E-state index contributed by atoms with van der Waals surface area (Å²) in [6.45, 7) is 4.05. The Bertz CT molecular complexity index is 1270. The van der Waals surface area contributed by atoms with E-state index in [4.69, 9.17) is 19.7 Å². The molecule has 0 saturated carbocycles. The van der Waals surface area contributed by atoms with Crippen molar-refractivity contribution in [2.24, 2.45) is 0 Å². The molecule has 10 heteroatoms. The molecule has 0 aliphatic carbocycles. The molecule has 1 saturated heterocycles. The van der Waals surface area contributed by atoms with Crippen molar-refractivity contribution in [2.45, 2.75) is 13.1 Å². The maximum absolute atomic E-state index is 9.96. The molecule has 1 aliphatic heterocycles. The molecule has 1 aliphatic rings. The predicted molar refractivity (Wildman–Crippen MR) is 124 cm³/mol. The number of aromatic hydroxyl groups is 1. The molecule has 10 nitrogen and oxygen atoms in total. The Labute approximate surface area is 191 Å². The highest BCUT2D eigenvalue weighted by atomic mass is 16.5. The minimum absolute atomic E-state index is 0.177. The van der Waals surface area contributed by atoms with E-state index in [1.165, 1.54) is 0 Å². The molecule has 0 unspecified atom stereocenters. The zero-order valence-corrected chi connectivity index (χ0v) is 18.7. The summed E-state index contributed by atoms with van der Waals surface area (Å²) >= 11 is 0. The Morgan fingerprint density at radius 3 is 2.76 bits per heavy atom. The van der Waals surface area contributed by atoms with Crippen molar-refractivity contribution >= 4 is 16.9 Å². The first-order chi connectivity index (χ1) is 16.0. The summed E-state index contributed by atoms with van der Waals surface area (Å²) in [7, 11) is 4.00. The number of benzene rings is 1. The Morgan fingerprint density at radius 2 is 1.97 bits per heavy atom. The summed E-state index contributed by atoms with van der Waals surface area (Å²) < 4.78 is 7.33. The molecule has 1 aromatic carbocycles. The summed E-state index contributed by atoms with van der Waals surface area (Å²) in [5.74, 6) is 1.51. The molecule has 33 heavy (non-hydrogen) atoms. The van der Waals surface area contributed by atoms with Gasteiger partial charge in [-0.25, -0.2) is 14.6 Å². The molecule has 0 atom stereocenters. The molecule has 1 fully saturated rings. The lowest BCUT2D eigenvalue weighted by molar-refractivity contribution is 0.122. The largest absolute Gasteiger partial charge is 0.508 e. The van der Waals surface area contributed by atoms with Gasteiger partial charge in [-0.1, -0.05) is 17.3 Å². The topological polar surface area (TPSA) is 105 Å². The van der Waals surface area contributed by atoms with Gasteiger partial charge in [-0.15, -0.1) is 5.10 Å². The fourth-order valence-corrected chi connectivity index (χ4v) is 3.90. The molecule has 170 valence electrons. The van der Waals surface area contributed by atoms with Gasteiger partial charge in [-0.05, 0) is 37.9 Å². The van der Waals surface area contributed by atoms with Crippen molar-refractivity contribution in [2.75, 3.05) is 45.3 Å². The van der Waals surface area contributed by atoms with Crippen molar-refractivity contribution in [3.05, 3.63) is 54.0 Å². The van der Waals surface area contributed by atoms with E-state index < -0.39 is 0 Å². The van der Waals surface area contributed by atoms with Gasteiger partial charge in [-0.3, -0.25) is 4.98 Å². The molecule has 1 N–H and O–H groups in total. The van der Waals surface area contributed by atoms with E-state index in [0.717, 1.165) is 53.3 Å². The van der Waals surface area contributed by atoms with Gasteiger partial charge >= 0.3 is 0 Å². The quantitative estimate of drug-likeness (QED) is 0.476. The molecule has 0 radical (unpaired) electrons. The maximum atomic E-state index is 9.96. The van der Waals surface area contributed by atoms with Gasteiger partial charge in [0.25, 0.3) is 0 Å². The third-order valence-corrected chi connectivity index (χ3v) is 5.40. The van der Waals surface area contributed by atoms with Crippen LogP contribution in [-0.2, 0) is 17.8 Å². The van der Waals surface area contributed by atoms with E-state index in [2.05, 4.69) is 20.1 Å². The third kappa shape index (κ3) is 4.76. The van der Waals surface area contributed by atoms with Crippen LogP contribution in [0.5, 0.6) is 5.75 Å². The lowest BCUT2D eigenvalue weighted by Gasteiger charge is -2.28. The second-order valence-electron chi connectivity index (χ2n) is 8.38. The van der Waals surface area contributed by atoms with Crippen LogP contribution in [0.2, 0.25) is 0 Å². The second-order valence-corrected chi connectivity index (χ2v) is 8.38. The number of fused-ring (bicyclic) bond motifs is 1. The normalized spacial score (nSPS) is 14.3. The fraction of sp³-hybridized carbons (Fsp3) is 0.348. The minimum Gasteiger partial charge on any atom is -0.508 e. The monoisotopic (exact) mass is 446 g/mol. The lowest BCUT2D eigenvalue weighted by atomic mass is 10.2. The highest BCUT2D eigenvalue weighted by Crippen LogP contribution is 2.28. The summed E-state index contributed by atoms with van der Waals surface area (Å²) in [6.07, 6.45) is 3.79. The first kappa shape index (κ1) is 21.2. The van der Waals surface area contributed by atoms with E-state index in [1.807, 2.05) is 43.3 Å². The average molecular weight is 447 g/mol. The number of nitrogens with zero attached hydrogens (tertiary/aromatic N) is 8. The van der Waals surface area contributed by atoms with E-state index >= 15 is 0 Å². The van der Waals surface area contributed by atoms with Crippen molar-refractivity contribution in [1.29, 1.82) is 0 Å². The average Bonchev–Trinajstić information content (AvgIpc) is 3.24. The SMILES string of the molecule is CN(C)Cc1cn(Cc2cnc3c(N4CCOCC4)nc(-c4cccc(O)c4)nc3c2)nn1. The molecule has 0 bridgehead atoms. The highest BCUT2D eigenvalue weighted by Gasteiger charge is 2.19. The summed E-state index contributed by atoms with van der Waals surface area (Å²) in [4.78, 5) is 18.6. The molecule has 4 heterocycles.